The maximum absolute atomic E-state index is 9.30. The van der Waals surface area contributed by atoms with Gasteiger partial charge in [-0.1, -0.05) is 13.0 Å². The van der Waals surface area contributed by atoms with Crippen molar-refractivity contribution in [3.05, 3.63) is 53.1 Å². The number of ether oxygens (including phenoxy) is 4. The summed E-state index contributed by atoms with van der Waals surface area (Å²) in [5.41, 5.74) is 3.39. The van der Waals surface area contributed by atoms with E-state index < -0.39 is 0 Å². The first-order valence-corrected chi connectivity index (χ1v) is 8.20. The standard InChI is InChI=1S/C21H23NO4/c1-6-16-19(24-3)12-15(13-20(16)25-4)17(9-10-22)14-7-8-18(23-2)21(11-14)26-5/h7-9,11-13H,6H2,1-5H3/b17-9-. The van der Waals surface area contributed by atoms with Crippen molar-refractivity contribution in [3.63, 3.8) is 0 Å². The Morgan fingerprint density at radius 3 is 1.85 bits per heavy atom. The number of nitrogens with zero attached hydrogens (tertiary/aromatic N) is 1. The lowest BCUT2D eigenvalue weighted by Gasteiger charge is -2.17. The fourth-order valence-electron chi connectivity index (χ4n) is 2.89. The normalized spacial score (nSPS) is 10.8. The van der Waals surface area contributed by atoms with Crippen molar-refractivity contribution in [1.29, 1.82) is 5.26 Å². The summed E-state index contributed by atoms with van der Waals surface area (Å²) in [4.78, 5) is 0. The summed E-state index contributed by atoms with van der Waals surface area (Å²) in [5, 5.41) is 9.30. The topological polar surface area (TPSA) is 60.7 Å². The fourth-order valence-corrected chi connectivity index (χ4v) is 2.89. The van der Waals surface area contributed by atoms with Gasteiger partial charge in [0.15, 0.2) is 11.5 Å². The van der Waals surface area contributed by atoms with Crippen LogP contribution in [0.25, 0.3) is 5.57 Å². The van der Waals surface area contributed by atoms with Crippen molar-refractivity contribution in [1.82, 2.24) is 0 Å². The molecule has 5 nitrogen and oxygen atoms in total. The molecule has 0 saturated carbocycles. The summed E-state index contributed by atoms with van der Waals surface area (Å²) in [5.74, 6) is 2.68. The van der Waals surface area contributed by atoms with Crippen molar-refractivity contribution in [2.24, 2.45) is 0 Å². The van der Waals surface area contributed by atoms with Crippen LogP contribution in [0.1, 0.15) is 23.6 Å². The summed E-state index contributed by atoms with van der Waals surface area (Å²) in [6.07, 6.45) is 2.28. The molecular formula is C21H23NO4. The molecule has 0 saturated heterocycles. The van der Waals surface area contributed by atoms with Crippen molar-refractivity contribution in [2.75, 3.05) is 28.4 Å². The SMILES string of the molecule is CCc1c(OC)cc(/C(=C\C#N)c2ccc(OC)c(OC)c2)cc1OC. The highest BCUT2D eigenvalue weighted by Gasteiger charge is 2.16. The van der Waals surface area contributed by atoms with Gasteiger partial charge in [-0.15, -0.1) is 0 Å². The van der Waals surface area contributed by atoms with Crippen LogP contribution in [0.15, 0.2) is 36.4 Å². The summed E-state index contributed by atoms with van der Waals surface area (Å²) in [6, 6.07) is 11.5. The number of methoxy groups -OCH3 is 4. The smallest absolute Gasteiger partial charge is 0.161 e. The molecule has 0 atom stereocenters. The quantitative estimate of drug-likeness (QED) is 0.697. The van der Waals surface area contributed by atoms with E-state index in [1.54, 1.807) is 28.4 Å². The Bertz CT molecular complexity index is 825. The molecule has 0 bridgehead atoms. The maximum Gasteiger partial charge on any atom is 0.161 e. The number of nitriles is 1. The van der Waals surface area contributed by atoms with E-state index in [2.05, 4.69) is 6.07 Å². The molecule has 0 aliphatic rings. The Morgan fingerprint density at radius 2 is 1.38 bits per heavy atom. The second kappa shape index (κ2) is 8.82. The molecule has 2 aromatic rings. The summed E-state index contributed by atoms with van der Waals surface area (Å²) in [6.45, 7) is 2.04. The van der Waals surface area contributed by atoms with E-state index in [4.69, 9.17) is 18.9 Å². The number of benzene rings is 2. The third kappa shape index (κ3) is 3.75. The van der Waals surface area contributed by atoms with Gasteiger partial charge in [0.25, 0.3) is 0 Å². The van der Waals surface area contributed by atoms with Gasteiger partial charge in [-0.05, 0) is 47.4 Å². The molecule has 0 N–H and O–H groups in total. The van der Waals surface area contributed by atoms with Crippen LogP contribution in [-0.2, 0) is 6.42 Å². The second-order valence-corrected chi connectivity index (χ2v) is 5.47. The molecule has 136 valence electrons. The molecule has 0 aliphatic carbocycles. The van der Waals surface area contributed by atoms with E-state index in [-0.39, 0.29) is 0 Å². The monoisotopic (exact) mass is 353 g/mol. The average molecular weight is 353 g/mol. The Balaban J connectivity index is 2.66. The predicted molar refractivity (Wildman–Crippen MR) is 101 cm³/mol. The molecule has 26 heavy (non-hydrogen) atoms. The largest absolute Gasteiger partial charge is 0.496 e. The first-order valence-electron chi connectivity index (χ1n) is 8.20. The van der Waals surface area contributed by atoms with Crippen LogP contribution in [0, 0.1) is 11.3 Å². The van der Waals surface area contributed by atoms with E-state index in [0.29, 0.717) is 11.5 Å². The third-order valence-corrected chi connectivity index (χ3v) is 4.18. The number of rotatable bonds is 7. The van der Waals surface area contributed by atoms with Gasteiger partial charge in [0.2, 0.25) is 0 Å². The molecule has 0 spiro atoms. The Labute approximate surface area is 154 Å². The van der Waals surface area contributed by atoms with Crippen molar-refractivity contribution < 1.29 is 18.9 Å². The molecule has 0 fully saturated rings. The van der Waals surface area contributed by atoms with Gasteiger partial charge in [-0.25, -0.2) is 0 Å². The molecule has 0 aliphatic heterocycles. The molecular weight excluding hydrogens is 330 g/mol. The minimum atomic E-state index is 0.595. The van der Waals surface area contributed by atoms with Crippen LogP contribution in [0.4, 0.5) is 0 Å². The van der Waals surface area contributed by atoms with Gasteiger partial charge in [-0.3, -0.25) is 0 Å². The highest BCUT2D eigenvalue weighted by Crippen LogP contribution is 2.37. The van der Waals surface area contributed by atoms with Crippen molar-refractivity contribution in [2.45, 2.75) is 13.3 Å². The first-order chi connectivity index (χ1) is 12.6. The van der Waals surface area contributed by atoms with Gasteiger partial charge in [0, 0.05) is 11.6 Å². The van der Waals surface area contributed by atoms with Gasteiger partial charge >= 0.3 is 0 Å². The van der Waals surface area contributed by atoms with Crippen molar-refractivity contribution >= 4 is 5.57 Å². The number of hydrogen-bond acceptors (Lipinski definition) is 5. The minimum Gasteiger partial charge on any atom is -0.496 e. The summed E-state index contributed by atoms with van der Waals surface area (Å²) >= 11 is 0. The third-order valence-electron chi connectivity index (χ3n) is 4.18. The molecule has 2 aromatic carbocycles. The molecule has 0 heterocycles. The zero-order valence-corrected chi connectivity index (χ0v) is 15.8. The lowest BCUT2D eigenvalue weighted by atomic mass is 9.95. The molecule has 0 unspecified atom stereocenters. The second-order valence-electron chi connectivity index (χ2n) is 5.47. The lowest BCUT2D eigenvalue weighted by Crippen LogP contribution is -1.99. The summed E-state index contributed by atoms with van der Waals surface area (Å²) < 4.78 is 21.7. The maximum atomic E-state index is 9.30. The van der Waals surface area contributed by atoms with Crippen LogP contribution in [0.5, 0.6) is 23.0 Å². The van der Waals surface area contributed by atoms with Crippen LogP contribution in [-0.4, -0.2) is 28.4 Å². The van der Waals surface area contributed by atoms with Crippen LogP contribution >= 0.6 is 0 Å². The minimum absolute atomic E-state index is 0.595. The molecule has 5 heteroatoms. The number of allylic oxidation sites excluding steroid dienone is 1. The Hall–Kier alpha value is -3.13. The molecule has 2 rings (SSSR count). The molecule has 0 radical (unpaired) electrons. The van der Waals surface area contributed by atoms with Crippen LogP contribution in [0.2, 0.25) is 0 Å². The van der Waals surface area contributed by atoms with E-state index >= 15 is 0 Å². The van der Waals surface area contributed by atoms with E-state index in [9.17, 15) is 5.26 Å². The van der Waals surface area contributed by atoms with Gasteiger partial charge in [0.1, 0.15) is 11.5 Å². The Morgan fingerprint density at radius 1 is 0.846 bits per heavy atom. The molecule has 0 amide bonds. The van der Waals surface area contributed by atoms with E-state index in [1.807, 2.05) is 37.3 Å². The Kier molecular flexibility index (Phi) is 6.51. The summed E-state index contributed by atoms with van der Waals surface area (Å²) in [7, 11) is 6.42. The highest BCUT2D eigenvalue weighted by atomic mass is 16.5. The zero-order valence-electron chi connectivity index (χ0n) is 15.8. The van der Waals surface area contributed by atoms with Gasteiger partial charge < -0.3 is 18.9 Å². The lowest BCUT2D eigenvalue weighted by molar-refractivity contribution is 0.355. The predicted octanol–water partition coefficient (Wildman–Crippen LogP) is 4.24. The van der Waals surface area contributed by atoms with Crippen molar-refractivity contribution in [3.8, 4) is 29.1 Å². The van der Waals surface area contributed by atoms with Crippen LogP contribution in [0.3, 0.4) is 0 Å². The van der Waals surface area contributed by atoms with Gasteiger partial charge in [0.05, 0.1) is 34.5 Å². The zero-order chi connectivity index (χ0) is 19.1. The van der Waals surface area contributed by atoms with E-state index in [1.165, 1.54) is 6.08 Å². The van der Waals surface area contributed by atoms with Gasteiger partial charge in [-0.2, -0.15) is 5.26 Å². The van der Waals surface area contributed by atoms with E-state index in [0.717, 1.165) is 40.2 Å². The molecule has 0 aromatic heterocycles. The van der Waals surface area contributed by atoms with Crippen LogP contribution < -0.4 is 18.9 Å². The number of hydrogen-bond donors (Lipinski definition) is 0. The average Bonchev–Trinajstić information content (AvgIpc) is 2.70. The highest BCUT2D eigenvalue weighted by molar-refractivity contribution is 5.83. The first kappa shape index (κ1) is 19.2. The fraction of sp³-hybridized carbons (Fsp3) is 0.286.